The molecule has 3 N–H and O–H groups in total. The fourth-order valence-electron chi connectivity index (χ4n) is 2.02. The first-order valence-electron chi connectivity index (χ1n) is 7.83. The van der Waals surface area contributed by atoms with Gasteiger partial charge in [0.2, 0.25) is 5.91 Å². The molecule has 0 aromatic heterocycles. The van der Waals surface area contributed by atoms with Crippen molar-refractivity contribution in [2.24, 2.45) is 0 Å². The van der Waals surface area contributed by atoms with Crippen LogP contribution in [-0.4, -0.2) is 36.8 Å². The lowest BCUT2D eigenvalue weighted by molar-refractivity contribution is -0.125. The van der Waals surface area contributed by atoms with Crippen LogP contribution in [0.1, 0.15) is 58.8 Å². The normalized spacial score (nSPS) is 11.0. The van der Waals surface area contributed by atoms with Crippen LogP contribution in [0.25, 0.3) is 0 Å². The van der Waals surface area contributed by atoms with Crippen molar-refractivity contribution >= 4 is 24.6 Å². The Balaban J connectivity index is 3.56. The molecule has 124 valence electrons. The fraction of sp³-hybridized carbons (Fsp3) is 0.867. The Morgan fingerprint density at radius 3 is 2.00 bits per heavy atom. The van der Waals surface area contributed by atoms with Crippen molar-refractivity contribution in [2.75, 3.05) is 19.3 Å². The minimum atomic E-state index is -0.897. The molecule has 0 saturated heterocycles. The summed E-state index contributed by atoms with van der Waals surface area (Å²) in [5, 5.41) is 7.98. The zero-order chi connectivity index (χ0) is 16.1. The van der Waals surface area contributed by atoms with E-state index in [2.05, 4.69) is 28.6 Å². The number of carbonyl (C=O) groups excluding carboxylic acids is 2. The van der Waals surface area contributed by atoms with E-state index in [0.29, 0.717) is 6.54 Å². The first-order valence-corrected chi connectivity index (χ1v) is 8.46. The van der Waals surface area contributed by atoms with Gasteiger partial charge in [-0.1, -0.05) is 32.1 Å². The highest BCUT2D eigenvalue weighted by Gasteiger charge is 2.28. The molecule has 0 rings (SSSR count). The number of carbonyl (C=O) groups is 2. The van der Waals surface area contributed by atoms with Gasteiger partial charge >= 0.3 is 6.03 Å². The third kappa shape index (κ3) is 10.5. The van der Waals surface area contributed by atoms with Crippen LogP contribution in [0, 0.1) is 0 Å². The second-order valence-corrected chi connectivity index (χ2v) is 6.23. The van der Waals surface area contributed by atoms with E-state index < -0.39 is 5.54 Å². The van der Waals surface area contributed by atoms with E-state index in [9.17, 15) is 9.59 Å². The van der Waals surface area contributed by atoms with Crippen molar-refractivity contribution in [2.45, 2.75) is 64.3 Å². The Labute approximate surface area is 134 Å². The van der Waals surface area contributed by atoms with E-state index in [-0.39, 0.29) is 11.9 Å². The van der Waals surface area contributed by atoms with Crippen molar-refractivity contribution in [3.63, 3.8) is 0 Å². The maximum absolute atomic E-state index is 11.7. The van der Waals surface area contributed by atoms with Crippen molar-refractivity contribution in [1.29, 1.82) is 0 Å². The van der Waals surface area contributed by atoms with Crippen LogP contribution < -0.4 is 16.0 Å². The maximum Gasteiger partial charge on any atom is 0.315 e. The van der Waals surface area contributed by atoms with Crippen LogP contribution >= 0.6 is 12.6 Å². The van der Waals surface area contributed by atoms with Crippen molar-refractivity contribution < 1.29 is 9.59 Å². The third-order valence-corrected chi connectivity index (χ3v) is 3.66. The highest BCUT2D eigenvalue weighted by Crippen LogP contribution is 2.07. The maximum atomic E-state index is 11.7. The SMILES string of the molecule is CNC(=O)C(C)(C)NC(=O)NCCCCCCCCCS. The molecule has 21 heavy (non-hydrogen) atoms. The molecule has 6 heteroatoms. The van der Waals surface area contributed by atoms with Crippen LogP contribution in [-0.2, 0) is 4.79 Å². The molecule has 0 aromatic rings. The van der Waals surface area contributed by atoms with Gasteiger partial charge in [-0.3, -0.25) is 4.79 Å². The molecule has 0 bridgehead atoms. The van der Waals surface area contributed by atoms with Crippen molar-refractivity contribution in [3.8, 4) is 0 Å². The number of hydrogen-bond acceptors (Lipinski definition) is 3. The topological polar surface area (TPSA) is 70.2 Å². The van der Waals surface area contributed by atoms with Gasteiger partial charge in [-0.25, -0.2) is 4.79 Å². The summed E-state index contributed by atoms with van der Waals surface area (Å²) in [6.45, 7) is 4.00. The largest absolute Gasteiger partial charge is 0.357 e. The van der Waals surface area contributed by atoms with E-state index in [0.717, 1.165) is 18.6 Å². The van der Waals surface area contributed by atoms with Gasteiger partial charge in [0.05, 0.1) is 0 Å². The van der Waals surface area contributed by atoms with Crippen LogP contribution in [0.5, 0.6) is 0 Å². The highest BCUT2D eigenvalue weighted by molar-refractivity contribution is 7.80. The van der Waals surface area contributed by atoms with Gasteiger partial charge in [-0.2, -0.15) is 12.6 Å². The number of likely N-dealkylation sites (N-methyl/N-ethyl adjacent to an activating group) is 1. The average molecular weight is 317 g/mol. The minimum absolute atomic E-state index is 0.209. The molecule has 0 spiro atoms. The van der Waals surface area contributed by atoms with Gasteiger partial charge in [0.15, 0.2) is 0 Å². The Morgan fingerprint density at radius 1 is 0.952 bits per heavy atom. The molecule has 0 atom stereocenters. The molecule has 0 saturated carbocycles. The van der Waals surface area contributed by atoms with Gasteiger partial charge < -0.3 is 16.0 Å². The highest BCUT2D eigenvalue weighted by atomic mass is 32.1. The first-order chi connectivity index (χ1) is 9.94. The molecule has 0 radical (unpaired) electrons. The monoisotopic (exact) mass is 317 g/mol. The molecule has 0 aliphatic rings. The number of amides is 3. The number of nitrogens with one attached hydrogen (secondary N) is 3. The second kappa shape index (κ2) is 11.7. The zero-order valence-corrected chi connectivity index (χ0v) is 14.5. The summed E-state index contributed by atoms with van der Waals surface area (Å²) in [5.41, 5.74) is -0.897. The second-order valence-electron chi connectivity index (χ2n) is 5.78. The molecule has 3 amide bonds. The lowest BCUT2D eigenvalue weighted by Gasteiger charge is -2.24. The predicted octanol–water partition coefficient (Wildman–Crippen LogP) is 2.47. The van der Waals surface area contributed by atoms with E-state index in [1.165, 1.54) is 32.1 Å². The molecule has 0 aliphatic carbocycles. The van der Waals surface area contributed by atoms with Gasteiger partial charge in [0, 0.05) is 13.6 Å². The van der Waals surface area contributed by atoms with Crippen LogP contribution in [0.15, 0.2) is 0 Å². The number of urea groups is 1. The Hall–Kier alpha value is -0.910. The molecule has 0 fully saturated rings. The summed E-state index contributed by atoms with van der Waals surface area (Å²) in [6, 6.07) is -0.294. The van der Waals surface area contributed by atoms with Gasteiger partial charge in [-0.15, -0.1) is 0 Å². The first kappa shape index (κ1) is 20.1. The predicted molar refractivity (Wildman–Crippen MR) is 90.9 cm³/mol. The summed E-state index contributed by atoms with van der Waals surface area (Å²) in [6.07, 6.45) is 8.29. The van der Waals surface area contributed by atoms with Crippen molar-refractivity contribution in [3.05, 3.63) is 0 Å². The summed E-state index contributed by atoms with van der Waals surface area (Å²) in [5.74, 6) is 0.768. The summed E-state index contributed by atoms with van der Waals surface area (Å²) >= 11 is 4.19. The number of unbranched alkanes of at least 4 members (excludes halogenated alkanes) is 6. The number of rotatable bonds is 11. The lowest BCUT2D eigenvalue weighted by atomic mass is 10.1. The Morgan fingerprint density at radius 2 is 1.48 bits per heavy atom. The quantitative estimate of drug-likeness (QED) is 0.349. The van der Waals surface area contributed by atoms with Gasteiger partial charge in [0.25, 0.3) is 0 Å². The van der Waals surface area contributed by atoms with E-state index in [1.807, 2.05) is 0 Å². The smallest absolute Gasteiger partial charge is 0.315 e. The summed E-state index contributed by atoms with van der Waals surface area (Å²) in [4.78, 5) is 23.2. The molecular formula is C15H31N3O2S. The standard InChI is InChI=1S/C15H31N3O2S/c1-15(2,13(19)16-3)18-14(20)17-11-9-7-5-4-6-8-10-12-21/h21H,4-12H2,1-3H3,(H,16,19)(H2,17,18,20). The lowest BCUT2D eigenvalue weighted by Crippen LogP contribution is -2.56. The number of thiol groups is 1. The Kier molecular flexibility index (Phi) is 11.2. The molecule has 0 unspecified atom stereocenters. The Bertz CT molecular complexity index is 309. The summed E-state index contributed by atoms with van der Waals surface area (Å²) < 4.78 is 0. The summed E-state index contributed by atoms with van der Waals surface area (Å²) in [7, 11) is 1.56. The molecule has 0 aromatic carbocycles. The molecular weight excluding hydrogens is 286 g/mol. The van der Waals surface area contributed by atoms with Crippen LogP contribution in [0.2, 0.25) is 0 Å². The molecule has 0 heterocycles. The zero-order valence-electron chi connectivity index (χ0n) is 13.6. The minimum Gasteiger partial charge on any atom is -0.357 e. The van der Waals surface area contributed by atoms with E-state index >= 15 is 0 Å². The van der Waals surface area contributed by atoms with E-state index in [1.54, 1.807) is 20.9 Å². The van der Waals surface area contributed by atoms with Crippen molar-refractivity contribution in [1.82, 2.24) is 16.0 Å². The van der Waals surface area contributed by atoms with E-state index in [4.69, 9.17) is 0 Å². The molecule has 0 aliphatic heterocycles. The fourth-order valence-corrected chi connectivity index (χ4v) is 2.24. The number of hydrogen-bond donors (Lipinski definition) is 4. The third-order valence-electron chi connectivity index (χ3n) is 3.34. The van der Waals surface area contributed by atoms with Crippen LogP contribution in [0.3, 0.4) is 0 Å². The molecule has 5 nitrogen and oxygen atoms in total. The van der Waals surface area contributed by atoms with Gasteiger partial charge in [-0.05, 0) is 32.4 Å². The van der Waals surface area contributed by atoms with Crippen LogP contribution in [0.4, 0.5) is 4.79 Å². The average Bonchev–Trinajstić information content (AvgIpc) is 2.44. The van der Waals surface area contributed by atoms with Gasteiger partial charge in [0.1, 0.15) is 5.54 Å².